The lowest BCUT2D eigenvalue weighted by Gasteiger charge is -2.13. The number of benzene rings is 1. The van der Waals surface area contributed by atoms with E-state index >= 15 is 0 Å². The molecule has 1 aliphatic heterocycles. The van der Waals surface area contributed by atoms with Crippen molar-refractivity contribution in [3.8, 4) is 11.3 Å². The lowest BCUT2D eigenvalue weighted by atomic mass is 10.1. The van der Waals surface area contributed by atoms with Gasteiger partial charge in [-0.2, -0.15) is 5.10 Å². The molecular formula is C18H21N3O3S. The second-order valence-electron chi connectivity index (χ2n) is 7.03. The maximum atomic E-state index is 12.4. The van der Waals surface area contributed by atoms with Gasteiger partial charge in [0.05, 0.1) is 23.2 Å². The molecule has 1 saturated carbocycles. The zero-order chi connectivity index (χ0) is 17.6. The van der Waals surface area contributed by atoms with E-state index < -0.39 is 9.84 Å². The second-order valence-corrected chi connectivity index (χ2v) is 9.26. The third kappa shape index (κ3) is 3.46. The van der Waals surface area contributed by atoms with Crippen molar-refractivity contribution >= 4 is 15.7 Å². The van der Waals surface area contributed by atoms with E-state index in [1.807, 2.05) is 31.2 Å². The van der Waals surface area contributed by atoms with Gasteiger partial charge >= 0.3 is 0 Å². The van der Waals surface area contributed by atoms with Crippen molar-refractivity contribution in [3.63, 3.8) is 0 Å². The summed E-state index contributed by atoms with van der Waals surface area (Å²) in [7, 11) is -3.03. The minimum atomic E-state index is -3.03. The maximum absolute atomic E-state index is 12.4. The van der Waals surface area contributed by atoms with Gasteiger partial charge in [0.2, 0.25) is 0 Å². The van der Waals surface area contributed by atoms with Crippen LogP contribution in [0.4, 0.5) is 0 Å². The van der Waals surface area contributed by atoms with Crippen LogP contribution in [0.5, 0.6) is 0 Å². The molecule has 1 aromatic carbocycles. The predicted molar refractivity (Wildman–Crippen MR) is 95.2 cm³/mol. The van der Waals surface area contributed by atoms with E-state index in [-0.39, 0.29) is 29.5 Å². The lowest BCUT2D eigenvalue weighted by Crippen LogP contribution is -2.26. The van der Waals surface area contributed by atoms with Gasteiger partial charge in [0.25, 0.3) is 5.91 Å². The quantitative estimate of drug-likeness (QED) is 0.906. The molecule has 0 bridgehead atoms. The Bertz CT molecular complexity index is 912. The van der Waals surface area contributed by atoms with E-state index in [9.17, 15) is 13.2 Å². The number of sulfone groups is 1. The Balaban J connectivity index is 1.72. The van der Waals surface area contributed by atoms with Crippen LogP contribution in [0.15, 0.2) is 30.3 Å². The van der Waals surface area contributed by atoms with Crippen LogP contribution in [-0.2, 0) is 9.84 Å². The number of carbonyl (C=O) groups excluding carboxylic acids is 1. The highest BCUT2D eigenvalue weighted by molar-refractivity contribution is 7.91. The molecule has 1 aromatic heterocycles. The van der Waals surface area contributed by atoms with Crippen LogP contribution in [0, 0.1) is 6.92 Å². The first-order valence-corrected chi connectivity index (χ1v) is 10.4. The van der Waals surface area contributed by atoms with Crippen molar-refractivity contribution in [3.05, 3.63) is 41.6 Å². The third-order valence-electron chi connectivity index (χ3n) is 4.78. The minimum absolute atomic E-state index is 0.0806. The number of hydrogen-bond donors (Lipinski definition) is 1. The predicted octanol–water partition coefficient (Wildman–Crippen LogP) is 2.11. The van der Waals surface area contributed by atoms with Gasteiger partial charge < -0.3 is 5.32 Å². The zero-order valence-corrected chi connectivity index (χ0v) is 14.9. The lowest BCUT2D eigenvalue weighted by molar-refractivity contribution is 0.0945. The fourth-order valence-corrected chi connectivity index (χ4v) is 4.87. The van der Waals surface area contributed by atoms with Crippen molar-refractivity contribution in [2.45, 2.75) is 38.3 Å². The summed E-state index contributed by atoms with van der Waals surface area (Å²) in [6.45, 7) is 2.01. The number of hydrogen-bond acceptors (Lipinski definition) is 4. The van der Waals surface area contributed by atoms with Gasteiger partial charge in [-0.05, 0) is 37.8 Å². The van der Waals surface area contributed by atoms with Crippen LogP contribution in [0.3, 0.4) is 0 Å². The minimum Gasteiger partial charge on any atom is -0.348 e. The molecule has 2 heterocycles. The molecule has 6 nitrogen and oxygen atoms in total. The Morgan fingerprint density at radius 2 is 1.92 bits per heavy atom. The smallest absolute Gasteiger partial charge is 0.272 e. The van der Waals surface area contributed by atoms with E-state index in [4.69, 9.17) is 0 Å². The fourth-order valence-electron chi connectivity index (χ4n) is 3.18. The van der Waals surface area contributed by atoms with Crippen LogP contribution in [0.1, 0.15) is 41.4 Å². The number of aromatic nitrogens is 2. The van der Waals surface area contributed by atoms with Gasteiger partial charge in [-0.25, -0.2) is 8.42 Å². The maximum Gasteiger partial charge on any atom is 0.272 e. The Morgan fingerprint density at radius 3 is 2.52 bits per heavy atom. The standard InChI is InChI=1S/C18H21N3O3S/c1-12-2-4-13(5-3-12)17-10-16(18(22)19-14-6-7-14)20-21(17)15-8-9-25(23,24)11-15/h2-5,10,14-15H,6-9,11H2,1H3,(H,19,22). The molecule has 0 spiro atoms. The molecule has 1 aliphatic carbocycles. The summed E-state index contributed by atoms with van der Waals surface area (Å²) in [4.78, 5) is 12.4. The summed E-state index contributed by atoms with van der Waals surface area (Å²) in [5.41, 5.74) is 3.23. The molecule has 1 N–H and O–H groups in total. The number of nitrogens with one attached hydrogen (secondary N) is 1. The van der Waals surface area contributed by atoms with Crippen molar-refractivity contribution in [2.24, 2.45) is 0 Å². The summed E-state index contributed by atoms with van der Waals surface area (Å²) >= 11 is 0. The van der Waals surface area contributed by atoms with E-state index in [1.54, 1.807) is 10.7 Å². The molecule has 1 unspecified atom stereocenters. The molecule has 1 amide bonds. The zero-order valence-electron chi connectivity index (χ0n) is 14.1. The topological polar surface area (TPSA) is 81.1 Å². The Morgan fingerprint density at radius 1 is 1.20 bits per heavy atom. The van der Waals surface area contributed by atoms with Gasteiger partial charge in [0.15, 0.2) is 15.5 Å². The molecule has 0 radical (unpaired) electrons. The first-order chi connectivity index (χ1) is 11.9. The Hall–Kier alpha value is -2.15. The third-order valence-corrected chi connectivity index (χ3v) is 6.53. The highest BCUT2D eigenvalue weighted by atomic mass is 32.2. The van der Waals surface area contributed by atoms with Crippen LogP contribution in [-0.4, -0.2) is 41.7 Å². The summed E-state index contributed by atoms with van der Waals surface area (Å²) < 4.78 is 25.5. The average Bonchev–Trinajstić information content (AvgIpc) is 3.14. The second kappa shape index (κ2) is 5.98. The Kier molecular flexibility index (Phi) is 3.91. The highest BCUT2D eigenvalue weighted by Gasteiger charge is 2.32. The van der Waals surface area contributed by atoms with E-state index in [1.165, 1.54) is 0 Å². The van der Waals surface area contributed by atoms with Gasteiger partial charge in [0.1, 0.15) is 0 Å². The van der Waals surface area contributed by atoms with Crippen LogP contribution < -0.4 is 5.32 Å². The molecule has 132 valence electrons. The number of nitrogens with zero attached hydrogens (tertiary/aromatic N) is 2. The first kappa shape index (κ1) is 16.3. The molecule has 2 aromatic rings. The van der Waals surface area contributed by atoms with Gasteiger partial charge in [-0.1, -0.05) is 29.8 Å². The summed E-state index contributed by atoms with van der Waals surface area (Å²) in [6, 6.07) is 9.78. The summed E-state index contributed by atoms with van der Waals surface area (Å²) in [5, 5.41) is 7.42. The number of rotatable bonds is 4. The van der Waals surface area contributed by atoms with Gasteiger partial charge in [-0.15, -0.1) is 0 Å². The SMILES string of the molecule is Cc1ccc(-c2cc(C(=O)NC3CC3)nn2C2CCS(=O)(=O)C2)cc1. The highest BCUT2D eigenvalue weighted by Crippen LogP contribution is 2.30. The van der Waals surface area contributed by atoms with Crippen LogP contribution in [0.25, 0.3) is 11.3 Å². The van der Waals surface area contributed by atoms with Gasteiger partial charge in [-0.3, -0.25) is 9.48 Å². The monoisotopic (exact) mass is 359 g/mol. The average molecular weight is 359 g/mol. The summed E-state index contributed by atoms with van der Waals surface area (Å²) in [5.74, 6) is 0.0709. The summed E-state index contributed by atoms with van der Waals surface area (Å²) in [6.07, 6.45) is 2.56. The van der Waals surface area contributed by atoms with Crippen LogP contribution in [0.2, 0.25) is 0 Å². The van der Waals surface area contributed by atoms with Crippen molar-refractivity contribution in [1.29, 1.82) is 0 Å². The van der Waals surface area contributed by atoms with Crippen molar-refractivity contribution < 1.29 is 13.2 Å². The molecule has 25 heavy (non-hydrogen) atoms. The molecule has 4 rings (SSSR count). The molecule has 7 heteroatoms. The van der Waals surface area contributed by atoms with Crippen LogP contribution >= 0.6 is 0 Å². The van der Waals surface area contributed by atoms with Gasteiger partial charge in [0, 0.05) is 6.04 Å². The number of carbonyl (C=O) groups is 1. The first-order valence-electron chi connectivity index (χ1n) is 8.59. The largest absolute Gasteiger partial charge is 0.348 e. The molecule has 2 aliphatic rings. The molecule has 2 fully saturated rings. The number of amides is 1. The van der Waals surface area contributed by atoms with Crippen molar-refractivity contribution in [2.75, 3.05) is 11.5 Å². The molecular weight excluding hydrogens is 338 g/mol. The van der Waals surface area contributed by atoms with E-state index in [0.29, 0.717) is 12.1 Å². The molecule has 1 saturated heterocycles. The Labute approximate surface area is 147 Å². The normalized spacial score (nSPS) is 22.0. The molecule has 1 atom stereocenters. The van der Waals surface area contributed by atoms with E-state index in [0.717, 1.165) is 29.7 Å². The van der Waals surface area contributed by atoms with Crippen molar-refractivity contribution in [1.82, 2.24) is 15.1 Å². The fraction of sp³-hybridized carbons (Fsp3) is 0.444. The van der Waals surface area contributed by atoms with E-state index in [2.05, 4.69) is 10.4 Å². The number of aryl methyl sites for hydroxylation is 1.